The number of halogens is 1. The molecule has 4 aromatic rings. The molecule has 0 spiro atoms. The lowest BCUT2D eigenvalue weighted by Crippen LogP contribution is -2.15. The van der Waals surface area contributed by atoms with E-state index in [-0.39, 0.29) is 30.1 Å². The maximum Gasteiger partial charge on any atom is 0.337 e. The van der Waals surface area contributed by atoms with Gasteiger partial charge < -0.3 is 13.7 Å². The summed E-state index contributed by atoms with van der Waals surface area (Å²) in [5.41, 5.74) is 1.17. The minimum absolute atomic E-state index is 0.0835. The Kier molecular flexibility index (Phi) is 5.18. The van der Waals surface area contributed by atoms with Crippen molar-refractivity contribution in [2.24, 2.45) is 0 Å². The van der Waals surface area contributed by atoms with Crippen molar-refractivity contribution in [3.63, 3.8) is 0 Å². The van der Waals surface area contributed by atoms with Crippen LogP contribution in [-0.4, -0.2) is 15.1 Å². The van der Waals surface area contributed by atoms with E-state index in [1.807, 2.05) is 6.92 Å². The Morgan fingerprint density at radius 1 is 1.23 bits per heavy atom. The number of benzene rings is 1. The molecule has 8 nitrogen and oxygen atoms in total. The molecule has 0 saturated carbocycles. The molecule has 0 fully saturated rings. The molecule has 0 bridgehead atoms. The van der Waals surface area contributed by atoms with E-state index < -0.39 is 17.0 Å². The van der Waals surface area contributed by atoms with E-state index in [2.05, 4.69) is 15.1 Å². The number of hydrogen-bond donors (Lipinski definition) is 1. The van der Waals surface area contributed by atoms with Gasteiger partial charge in [-0.05, 0) is 43.0 Å². The van der Waals surface area contributed by atoms with Gasteiger partial charge in [0.25, 0.3) is 11.6 Å². The van der Waals surface area contributed by atoms with Crippen LogP contribution in [0.5, 0.6) is 6.01 Å². The van der Waals surface area contributed by atoms with Crippen LogP contribution >= 0.6 is 0 Å². The number of nitrogens with one attached hydrogen (secondary N) is 1. The maximum atomic E-state index is 13.5. The van der Waals surface area contributed by atoms with Crippen LogP contribution in [0.15, 0.2) is 48.9 Å². The summed E-state index contributed by atoms with van der Waals surface area (Å²) in [6.07, 6.45) is 0.834. The Morgan fingerprint density at radius 2 is 2.07 bits per heavy atom. The summed E-state index contributed by atoms with van der Waals surface area (Å²) >= 11 is 0. The number of fused-ring (bicyclic) bond motifs is 1. The third-order valence-corrected chi connectivity index (χ3v) is 4.71. The number of H-pyrrole nitrogens is 1. The summed E-state index contributed by atoms with van der Waals surface area (Å²) in [4.78, 5) is 31.4. The van der Waals surface area contributed by atoms with Crippen molar-refractivity contribution in [3.8, 4) is 6.01 Å². The van der Waals surface area contributed by atoms with E-state index in [9.17, 15) is 14.0 Å². The third kappa shape index (κ3) is 3.86. The Balaban J connectivity index is 1.69. The molecule has 0 amide bonds. The van der Waals surface area contributed by atoms with Crippen molar-refractivity contribution in [2.75, 3.05) is 0 Å². The number of aromatic nitrogens is 3. The fraction of sp³-hybridized carbons (Fsp3) is 0.238. The molecule has 0 aliphatic heterocycles. The molecule has 3 aromatic heterocycles. The number of nitrogens with zero attached hydrogens (tertiary/aromatic N) is 2. The molecular weight excluding hydrogens is 393 g/mol. The Hall–Kier alpha value is -3.75. The first-order chi connectivity index (χ1) is 14.4. The van der Waals surface area contributed by atoms with E-state index in [1.54, 1.807) is 19.1 Å². The van der Waals surface area contributed by atoms with Crippen molar-refractivity contribution in [3.05, 3.63) is 85.1 Å². The van der Waals surface area contributed by atoms with Gasteiger partial charge in [0.1, 0.15) is 23.6 Å². The van der Waals surface area contributed by atoms with Crippen molar-refractivity contribution >= 4 is 11.1 Å². The molecule has 0 atom stereocenters. The van der Waals surface area contributed by atoms with Crippen molar-refractivity contribution in [1.29, 1.82) is 0 Å². The van der Waals surface area contributed by atoms with Gasteiger partial charge in [0.05, 0.1) is 11.3 Å². The molecule has 30 heavy (non-hydrogen) atoms. The smallest absolute Gasteiger partial charge is 0.337 e. The molecule has 154 valence electrons. The predicted molar refractivity (Wildman–Crippen MR) is 105 cm³/mol. The van der Waals surface area contributed by atoms with Gasteiger partial charge in [0, 0.05) is 6.07 Å². The second-order valence-corrected chi connectivity index (χ2v) is 6.75. The number of rotatable bonds is 6. The fourth-order valence-electron chi connectivity index (χ4n) is 3.24. The summed E-state index contributed by atoms with van der Waals surface area (Å²) in [6.45, 7) is 3.78. The van der Waals surface area contributed by atoms with Crippen LogP contribution in [0.3, 0.4) is 0 Å². The topological polar surface area (TPSA) is 111 Å². The largest absolute Gasteiger partial charge is 0.460 e. The van der Waals surface area contributed by atoms with Gasteiger partial charge in [-0.3, -0.25) is 9.78 Å². The van der Waals surface area contributed by atoms with Gasteiger partial charge in [-0.15, -0.1) is 0 Å². The monoisotopic (exact) mass is 411 g/mol. The predicted octanol–water partition coefficient (Wildman–Crippen LogP) is 3.04. The van der Waals surface area contributed by atoms with Crippen LogP contribution in [0, 0.1) is 12.7 Å². The zero-order valence-corrected chi connectivity index (χ0v) is 16.3. The Bertz CT molecular complexity index is 1340. The van der Waals surface area contributed by atoms with Gasteiger partial charge >= 0.3 is 5.63 Å². The van der Waals surface area contributed by atoms with E-state index in [1.165, 1.54) is 18.2 Å². The number of hydrogen-bond acceptors (Lipinski definition) is 7. The Labute approximate surface area is 169 Å². The maximum absolute atomic E-state index is 13.5. The molecule has 0 aliphatic carbocycles. The fourth-order valence-corrected chi connectivity index (χ4v) is 3.24. The molecule has 0 aliphatic rings. The van der Waals surface area contributed by atoms with Crippen LogP contribution in [0.1, 0.15) is 35.1 Å². The van der Waals surface area contributed by atoms with Gasteiger partial charge in [-0.2, -0.15) is 4.98 Å². The van der Waals surface area contributed by atoms with Crippen LogP contribution < -0.4 is 15.9 Å². The lowest BCUT2D eigenvalue weighted by molar-refractivity contribution is 0.276. The minimum atomic E-state index is -0.666. The second-order valence-electron chi connectivity index (χ2n) is 6.75. The molecule has 0 unspecified atom stereocenters. The molecule has 1 N–H and O–H groups in total. The number of aryl methyl sites for hydroxylation is 2. The van der Waals surface area contributed by atoms with Crippen molar-refractivity contribution in [1.82, 2.24) is 15.1 Å². The summed E-state index contributed by atoms with van der Waals surface area (Å²) < 4.78 is 29.4. The summed E-state index contributed by atoms with van der Waals surface area (Å²) in [5.74, 6) is 0.205. The first kappa shape index (κ1) is 19.6. The van der Waals surface area contributed by atoms with Gasteiger partial charge in [-0.1, -0.05) is 24.2 Å². The first-order valence-corrected chi connectivity index (χ1v) is 9.33. The van der Waals surface area contributed by atoms with E-state index in [4.69, 9.17) is 13.7 Å². The van der Waals surface area contributed by atoms with E-state index >= 15 is 0 Å². The molecule has 0 saturated heterocycles. The highest BCUT2D eigenvalue weighted by Crippen LogP contribution is 2.19. The van der Waals surface area contributed by atoms with Crippen LogP contribution in [0.4, 0.5) is 4.39 Å². The lowest BCUT2D eigenvalue weighted by atomic mass is 10.0. The standard InChI is InChI=1S/C21H18FN3O5/c1-3-16-15(11(2)30-25-16)10-28-21-23-19(27)18-13(9-17(26)29-20(18)24-21)7-12-5-4-6-14(22)8-12/h4-6,8-9H,3,7,10H2,1-2H3,(H,23,24,27). The van der Waals surface area contributed by atoms with Gasteiger partial charge in [0.2, 0.25) is 5.71 Å². The molecule has 9 heteroatoms. The van der Waals surface area contributed by atoms with Crippen molar-refractivity contribution < 1.29 is 18.1 Å². The third-order valence-electron chi connectivity index (χ3n) is 4.71. The summed E-state index contributed by atoms with van der Waals surface area (Å²) in [6, 6.07) is 7.03. The van der Waals surface area contributed by atoms with Crippen LogP contribution in [-0.2, 0) is 19.4 Å². The molecule has 0 radical (unpaired) electrons. The van der Waals surface area contributed by atoms with Crippen LogP contribution in [0.25, 0.3) is 11.1 Å². The normalized spacial score (nSPS) is 11.2. The second kappa shape index (κ2) is 7.94. The lowest BCUT2D eigenvalue weighted by Gasteiger charge is -2.08. The highest BCUT2D eigenvalue weighted by atomic mass is 19.1. The average Bonchev–Trinajstić information content (AvgIpc) is 3.05. The van der Waals surface area contributed by atoms with Gasteiger partial charge in [-0.25, -0.2) is 9.18 Å². The summed E-state index contributed by atoms with van der Waals surface area (Å²) in [7, 11) is 0. The number of ether oxygens (including phenoxy) is 1. The van der Waals surface area contributed by atoms with E-state index in [0.29, 0.717) is 23.3 Å². The first-order valence-electron chi connectivity index (χ1n) is 9.33. The zero-order valence-electron chi connectivity index (χ0n) is 16.3. The highest BCUT2D eigenvalue weighted by molar-refractivity contribution is 5.76. The molecule has 3 heterocycles. The number of aromatic amines is 1. The summed E-state index contributed by atoms with van der Waals surface area (Å²) in [5, 5.41) is 4.06. The van der Waals surface area contributed by atoms with Crippen LogP contribution in [0.2, 0.25) is 0 Å². The Morgan fingerprint density at radius 3 is 2.83 bits per heavy atom. The highest BCUT2D eigenvalue weighted by Gasteiger charge is 2.16. The molecular formula is C21H18FN3O5. The average molecular weight is 411 g/mol. The van der Waals surface area contributed by atoms with Crippen molar-refractivity contribution in [2.45, 2.75) is 33.3 Å². The minimum Gasteiger partial charge on any atom is -0.460 e. The zero-order chi connectivity index (χ0) is 21.3. The molecule has 1 aromatic carbocycles. The van der Waals surface area contributed by atoms with E-state index in [0.717, 1.165) is 11.3 Å². The quantitative estimate of drug-likeness (QED) is 0.519. The SMILES string of the molecule is CCc1noc(C)c1COc1nc2oc(=O)cc(Cc3cccc(F)c3)c2c(=O)[nH]1. The van der Waals surface area contributed by atoms with Gasteiger partial charge in [0.15, 0.2) is 0 Å². The molecule has 4 rings (SSSR count).